The molecular formula is C11H9FO2. The van der Waals surface area contributed by atoms with Gasteiger partial charge < -0.3 is 4.74 Å². The van der Waals surface area contributed by atoms with E-state index in [0.29, 0.717) is 5.56 Å². The van der Waals surface area contributed by atoms with Crippen LogP contribution in [0, 0.1) is 5.82 Å². The van der Waals surface area contributed by atoms with E-state index in [9.17, 15) is 9.18 Å². The third-order valence-corrected chi connectivity index (χ3v) is 2.39. The molecule has 0 saturated heterocycles. The van der Waals surface area contributed by atoms with Gasteiger partial charge in [0.2, 0.25) is 5.78 Å². The average Bonchev–Trinajstić information content (AvgIpc) is 2.49. The zero-order valence-corrected chi connectivity index (χ0v) is 7.66. The van der Waals surface area contributed by atoms with Crippen molar-refractivity contribution in [3.05, 3.63) is 48.0 Å². The second kappa shape index (κ2) is 2.94. The van der Waals surface area contributed by atoms with Gasteiger partial charge in [0.1, 0.15) is 5.82 Å². The SMILES string of the molecule is CC1(c2ccc(F)cc2)OC=CC1=O. The lowest BCUT2D eigenvalue weighted by Gasteiger charge is -2.22. The number of hydrogen-bond acceptors (Lipinski definition) is 2. The molecular weight excluding hydrogens is 183 g/mol. The first-order chi connectivity index (χ1) is 6.63. The van der Waals surface area contributed by atoms with Crippen molar-refractivity contribution in [2.45, 2.75) is 12.5 Å². The van der Waals surface area contributed by atoms with E-state index in [2.05, 4.69) is 0 Å². The van der Waals surface area contributed by atoms with Crippen LogP contribution in [0.2, 0.25) is 0 Å². The van der Waals surface area contributed by atoms with Gasteiger partial charge >= 0.3 is 0 Å². The fraction of sp³-hybridized carbons (Fsp3) is 0.182. The average molecular weight is 192 g/mol. The Morgan fingerprint density at radius 2 is 1.93 bits per heavy atom. The maximum atomic E-state index is 12.7. The minimum atomic E-state index is -0.978. The van der Waals surface area contributed by atoms with Gasteiger partial charge in [0.25, 0.3) is 0 Å². The maximum Gasteiger partial charge on any atom is 0.206 e. The van der Waals surface area contributed by atoms with Crippen LogP contribution in [0.5, 0.6) is 0 Å². The Kier molecular flexibility index (Phi) is 1.88. The van der Waals surface area contributed by atoms with Crippen LogP contribution in [0.4, 0.5) is 4.39 Å². The molecule has 0 fully saturated rings. The van der Waals surface area contributed by atoms with Crippen molar-refractivity contribution in [3.63, 3.8) is 0 Å². The first kappa shape index (κ1) is 8.94. The summed E-state index contributed by atoms with van der Waals surface area (Å²) in [7, 11) is 0. The third kappa shape index (κ3) is 1.21. The van der Waals surface area contributed by atoms with Gasteiger partial charge in [-0.3, -0.25) is 4.79 Å². The highest BCUT2D eigenvalue weighted by atomic mass is 19.1. The lowest BCUT2D eigenvalue weighted by molar-refractivity contribution is -0.128. The van der Waals surface area contributed by atoms with Crippen molar-refractivity contribution < 1.29 is 13.9 Å². The highest BCUT2D eigenvalue weighted by Crippen LogP contribution is 2.31. The summed E-state index contributed by atoms with van der Waals surface area (Å²) < 4.78 is 17.9. The Morgan fingerprint density at radius 1 is 1.29 bits per heavy atom. The number of benzene rings is 1. The quantitative estimate of drug-likeness (QED) is 0.681. The van der Waals surface area contributed by atoms with E-state index in [1.165, 1.54) is 24.5 Å². The van der Waals surface area contributed by atoms with E-state index in [1.54, 1.807) is 19.1 Å². The third-order valence-electron chi connectivity index (χ3n) is 2.39. The summed E-state index contributed by atoms with van der Waals surface area (Å²) in [6.07, 6.45) is 2.75. The molecule has 1 aliphatic heterocycles. The monoisotopic (exact) mass is 192 g/mol. The summed E-state index contributed by atoms with van der Waals surface area (Å²) in [4.78, 5) is 11.5. The molecule has 14 heavy (non-hydrogen) atoms. The Labute approximate surface area is 81.0 Å². The molecule has 1 aliphatic rings. The summed E-state index contributed by atoms with van der Waals surface area (Å²) in [5, 5.41) is 0. The predicted octanol–water partition coefficient (Wildman–Crippen LogP) is 2.15. The topological polar surface area (TPSA) is 26.3 Å². The van der Waals surface area contributed by atoms with Crippen LogP contribution in [0.1, 0.15) is 12.5 Å². The minimum absolute atomic E-state index is 0.121. The van der Waals surface area contributed by atoms with Crippen LogP contribution in [0.3, 0.4) is 0 Å². The van der Waals surface area contributed by atoms with Crippen LogP contribution < -0.4 is 0 Å². The zero-order chi connectivity index (χ0) is 10.2. The van der Waals surface area contributed by atoms with Crippen LogP contribution in [-0.4, -0.2) is 5.78 Å². The second-order valence-corrected chi connectivity index (χ2v) is 3.32. The number of halogens is 1. The smallest absolute Gasteiger partial charge is 0.206 e. The zero-order valence-electron chi connectivity index (χ0n) is 7.66. The molecule has 72 valence electrons. The molecule has 0 amide bonds. The molecule has 1 atom stereocenters. The fourth-order valence-electron chi connectivity index (χ4n) is 1.43. The number of ether oxygens (including phenoxy) is 1. The number of ketones is 1. The lowest BCUT2D eigenvalue weighted by atomic mass is 9.92. The normalized spacial score (nSPS) is 25.1. The standard InChI is InChI=1S/C11H9FO2/c1-11(10(13)6-7-14-11)8-2-4-9(12)5-3-8/h2-7H,1H3. The summed E-state index contributed by atoms with van der Waals surface area (Å²) in [5.74, 6) is -0.445. The fourth-order valence-corrected chi connectivity index (χ4v) is 1.43. The molecule has 0 N–H and O–H groups in total. The Bertz CT molecular complexity index is 394. The van der Waals surface area contributed by atoms with E-state index >= 15 is 0 Å². The van der Waals surface area contributed by atoms with Crippen molar-refractivity contribution in [2.24, 2.45) is 0 Å². The number of hydrogen-bond donors (Lipinski definition) is 0. The second-order valence-electron chi connectivity index (χ2n) is 3.32. The van der Waals surface area contributed by atoms with Gasteiger partial charge in [-0.1, -0.05) is 12.1 Å². The van der Waals surface area contributed by atoms with E-state index < -0.39 is 5.60 Å². The lowest BCUT2D eigenvalue weighted by Crippen LogP contribution is -2.29. The van der Waals surface area contributed by atoms with E-state index in [-0.39, 0.29) is 11.6 Å². The van der Waals surface area contributed by atoms with Crippen LogP contribution in [0.15, 0.2) is 36.6 Å². The summed E-state index contributed by atoms with van der Waals surface area (Å²) in [6.45, 7) is 1.67. The van der Waals surface area contributed by atoms with Crippen molar-refractivity contribution in [3.8, 4) is 0 Å². The summed E-state index contributed by atoms with van der Waals surface area (Å²) in [6, 6.07) is 5.74. The minimum Gasteiger partial charge on any atom is -0.482 e. The molecule has 0 radical (unpaired) electrons. The van der Waals surface area contributed by atoms with Gasteiger partial charge in [-0.2, -0.15) is 0 Å². The van der Waals surface area contributed by atoms with Crippen molar-refractivity contribution in [2.75, 3.05) is 0 Å². The van der Waals surface area contributed by atoms with Crippen molar-refractivity contribution >= 4 is 5.78 Å². The number of carbonyl (C=O) groups is 1. The molecule has 1 unspecified atom stereocenters. The van der Waals surface area contributed by atoms with E-state index in [4.69, 9.17) is 4.74 Å². The van der Waals surface area contributed by atoms with E-state index in [0.717, 1.165) is 0 Å². The van der Waals surface area contributed by atoms with E-state index in [1.807, 2.05) is 0 Å². The molecule has 3 heteroatoms. The molecule has 1 aromatic carbocycles. The van der Waals surface area contributed by atoms with Gasteiger partial charge in [-0.05, 0) is 19.1 Å². The van der Waals surface area contributed by atoms with Crippen LogP contribution in [0.25, 0.3) is 0 Å². The van der Waals surface area contributed by atoms with Crippen molar-refractivity contribution in [1.29, 1.82) is 0 Å². The molecule has 2 rings (SSSR count). The molecule has 0 saturated carbocycles. The Hall–Kier alpha value is -1.64. The molecule has 1 aromatic rings. The largest absolute Gasteiger partial charge is 0.482 e. The van der Waals surface area contributed by atoms with Crippen LogP contribution in [-0.2, 0) is 15.1 Å². The molecule has 1 heterocycles. The molecule has 0 bridgehead atoms. The summed E-state index contributed by atoms with van der Waals surface area (Å²) in [5.41, 5.74) is -0.317. The first-order valence-electron chi connectivity index (χ1n) is 4.28. The van der Waals surface area contributed by atoms with Gasteiger partial charge in [0.05, 0.1) is 6.26 Å². The molecule has 0 spiro atoms. The van der Waals surface area contributed by atoms with Gasteiger partial charge in [0, 0.05) is 11.6 Å². The highest BCUT2D eigenvalue weighted by Gasteiger charge is 2.38. The highest BCUT2D eigenvalue weighted by molar-refractivity contribution is 5.98. The number of carbonyl (C=O) groups excluding carboxylic acids is 1. The number of rotatable bonds is 1. The predicted molar refractivity (Wildman–Crippen MR) is 49.0 cm³/mol. The Morgan fingerprint density at radius 3 is 2.43 bits per heavy atom. The molecule has 2 nitrogen and oxygen atoms in total. The maximum absolute atomic E-state index is 12.7. The Balaban J connectivity index is 2.40. The summed E-state index contributed by atoms with van der Waals surface area (Å²) >= 11 is 0. The van der Waals surface area contributed by atoms with Gasteiger partial charge in [0.15, 0.2) is 5.60 Å². The molecule has 0 aromatic heterocycles. The van der Waals surface area contributed by atoms with Gasteiger partial charge in [-0.25, -0.2) is 4.39 Å². The molecule has 0 aliphatic carbocycles. The van der Waals surface area contributed by atoms with Gasteiger partial charge in [-0.15, -0.1) is 0 Å². The van der Waals surface area contributed by atoms with Crippen molar-refractivity contribution in [1.82, 2.24) is 0 Å². The first-order valence-corrected chi connectivity index (χ1v) is 4.28. The van der Waals surface area contributed by atoms with Crippen LogP contribution >= 0.6 is 0 Å².